The molecule has 2 aliphatic rings. The molecule has 2 heterocycles. The number of fused-ring (bicyclic) bond motifs is 2. The molecule has 1 aliphatic heterocycles. The second-order valence-electron chi connectivity index (χ2n) is 7.96. The smallest absolute Gasteiger partial charge is 0.375 e. The highest BCUT2D eigenvalue weighted by atomic mass is 16.5. The van der Waals surface area contributed by atoms with E-state index >= 15 is 0 Å². The third-order valence-electron chi connectivity index (χ3n) is 6.22. The lowest BCUT2D eigenvalue weighted by atomic mass is 9.78. The maximum Gasteiger partial charge on any atom is 0.375 e. The molecule has 6 nitrogen and oxygen atoms in total. The number of piperidine rings is 1. The van der Waals surface area contributed by atoms with E-state index in [0.29, 0.717) is 29.7 Å². The normalized spacial score (nSPS) is 21.8. The number of hydrogen-bond acceptors (Lipinski definition) is 5. The van der Waals surface area contributed by atoms with Crippen molar-refractivity contribution in [1.82, 2.24) is 4.90 Å². The van der Waals surface area contributed by atoms with Gasteiger partial charge in [0.15, 0.2) is 6.61 Å². The number of amides is 1. The van der Waals surface area contributed by atoms with Crippen molar-refractivity contribution in [2.75, 3.05) is 19.8 Å². The van der Waals surface area contributed by atoms with Crippen molar-refractivity contribution in [3.05, 3.63) is 35.6 Å². The summed E-state index contributed by atoms with van der Waals surface area (Å²) in [5.74, 6) is 0.0193. The van der Waals surface area contributed by atoms with Gasteiger partial charge in [-0.15, -0.1) is 0 Å². The summed E-state index contributed by atoms with van der Waals surface area (Å²) < 4.78 is 16.6. The van der Waals surface area contributed by atoms with Crippen molar-refractivity contribution in [2.45, 2.75) is 58.1 Å². The van der Waals surface area contributed by atoms with Crippen molar-refractivity contribution in [2.24, 2.45) is 5.92 Å². The van der Waals surface area contributed by atoms with Crippen molar-refractivity contribution in [1.29, 1.82) is 0 Å². The Labute approximate surface area is 171 Å². The molecule has 1 aromatic heterocycles. The van der Waals surface area contributed by atoms with Gasteiger partial charge in [-0.2, -0.15) is 0 Å². The zero-order chi connectivity index (χ0) is 20.2. The number of carbonyl (C=O) groups excluding carboxylic acids is 2. The molecule has 2 atom stereocenters. The zero-order valence-corrected chi connectivity index (χ0v) is 17.0. The molecule has 0 bridgehead atoms. The van der Waals surface area contributed by atoms with Crippen LogP contribution < -0.4 is 0 Å². The lowest BCUT2D eigenvalue weighted by Gasteiger charge is -2.44. The van der Waals surface area contributed by atoms with Crippen molar-refractivity contribution in [3.8, 4) is 0 Å². The largest absolute Gasteiger partial charge is 0.450 e. The van der Waals surface area contributed by atoms with Crippen LogP contribution in [0.2, 0.25) is 0 Å². The molecule has 1 aliphatic carbocycles. The summed E-state index contributed by atoms with van der Waals surface area (Å²) in [5.41, 5.74) is 1.28. The molecule has 6 heteroatoms. The maximum atomic E-state index is 12.8. The molecule has 2 aromatic rings. The number of nitrogens with zero attached hydrogens (tertiary/aromatic N) is 1. The molecule has 156 valence electrons. The lowest BCUT2D eigenvalue weighted by molar-refractivity contribution is -0.140. The molecular formula is C23H29NO5. The fourth-order valence-electron chi connectivity index (χ4n) is 4.82. The molecule has 0 spiro atoms. The van der Waals surface area contributed by atoms with Crippen molar-refractivity contribution in [3.63, 3.8) is 0 Å². The Balaban J connectivity index is 1.45. The lowest BCUT2D eigenvalue weighted by Crippen LogP contribution is -2.50. The number of rotatable bonds is 6. The Morgan fingerprint density at radius 3 is 2.79 bits per heavy atom. The summed E-state index contributed by atoms with van der Waals surface area (Å²) in [6.07, 6.45) is 6.93. The number of furan rings is 1. The van der Waals surface area contributed by atoms with Crippen LogP contribution in [0.4, 0.5) is 0 Å². The fraction of sp³-hybridized carbons (Fsp3) is 0.565. The molecule has 1 saturated carbocycles. The Hall–Kier alpha value is -2.34. The second-order valence-corrected chi connectivity index (χ2v) is 7.96. The van der Waals surface area contributed by atoms with Gasteiger partial charge in [-0.25, -0.2) is 4.79 Å². The monoisotopic (exact) mass is 399 g/mol. The predicted octanol–water partition coefficient (Wildman–Crippen LogP) is 4.31. The summed E-state index contributed by atoms with van der Waals surface area (Å²) in [6, 6.07) is 7.76. The molecule has 4 rings (SSSR count). The minimum absolute atomic E-state index is 0.0996. The van der Waals surface area contributed by atoms with Gasteiger partial charge in [0, 0.05) is 30.1 Å². The van der Waals surface area contributed by atoms with E-state index in [0.717, 1.165) is 24.8 Å². The Morgan fingerprint density at radius 1 is 1.14 bits per heavy atom. The number of likely N-dealkylation sites (tertiary alicyclic amines) is 1. The summed E-state index contributed by atoms with van der Waals surface area (Å²) in [4.78, 5) is 27.5. The Bertz CT molecular complexity index is 871. The van der Waals surface area contributed by atoms with E-state index in [2.05, 4.69) is 0 Å². The van der Waals surface area contributed by atoms with E-state index in [1.54, 1.807) is 0 Å². The maximum absolute atomic E-state index is 12.8. The van der Waals surface area contributed by atoms with Crippen LogP contribution in [-0.2, 0) is 20.9 Å². The Kier molecular flexibility index (Phi) is 6.19. The van der Waals surface area contributed by atoms with Crippen molar-refractivity contribution < 1.29 is 23.5 Å². The standard InChI is InChI=1S/C23H29NO5/c1-2-27-14-18-17-10-4-6-12-20(17)29-22(18)23(26)28-15-21(25)24-13-7-9-16-8-3-5-11-19(16)24/h4,6,10,12,16,19H,2-3,5,7-9,11,13-15H2,1H3/t16-,19-/m1/s1. The Morgan fingerprint density at radius 2 is 1.93 bits per heavy atom. The molecule has 0 radical (unpaired) electrons. The van der Waals surface area contributed by atoms with Crippen LogP contribution >= 0.6 is 0 Å². The van der Waals surface area contributed by atoms with E-state index in [1.165, 1.54) is 25.7 Å². The van der Waals surface area contributed by atoms with Crippen LogP contribution in [0.15, 0.2) is 28.7 Å². The molecule has 0 unspecified atom stereocenters. The highest BCUT2D eigenvalue weighted by molar-refractivity contribution is 5.96. The van der Waals surface area contributed by atoms with Crippen LogP contribution in [0.5, 0.6) is 0 Å². The summed E-state index contributed by atoms with van der Waals surface area (Å²) in [5, 5.41) is 0.834. The first kappa shape index (κ1) is 20.0. The molecule has 1 saturated heterocycles. The van der Waals surface area contributed by atoms with Crippen LogP contribution in [0.1, 0.15) is 61.6 Å². The zero-order valence-electron chi connectivity index (χ0n) is 17.0. The molecule has 1 aromatic carbocycles. The van der Waals surface area contributed by atoms with Gasteiger partial charge < -0.3 is 18.8 Å². The van der Waals surface area contributed by atoms with E-state index in [9.17, 15) is 9.59 Å². The number of hydrogen-bond donors (Lipinski definition) is 0. The van der Waals surface area contributed by atoms with Crippen LogP contribution in [0.3, 0.4) is 0 Å². The van der Waals surface area contributed by atoms with Gasteiger partial charge in [0.1, 0.15) is 5.58 Å². The van der Waals surface area contributed by atoms with E-state index in [1.807, 2.05) is 36.1 Å². The van der Waals surface area contributed by atoms with E-state index in [-0.39, 0.29) is 24.9 Å². The van der Waals surface area contributed by atoms with Gasteiger partial charge in [0.25, 0.3) is 5.91 Å². The third kappa shape index (κ3) is 4.17. The quantitative estimate of drug-likeness (QED) is 0.677. The topological polar surface area (TPSA) is 69.0 Å². The molecule has 0 N–H and O–H groups in total. The van der Waals surface area contributed by atoms with Gasteiger partial charge in [-0.05, 0) is 44.6 Å². The minimum atomic E-state index is -0.610. The predicted molar refractivity (Wildman–Crippen MR) is 109 cm³/mol. The minimum Gasteiger partial charge on any atom is -0.450 e. The fourth-order valence-corrected chi connectivity index (χ4v) is 4.82. The number of benzene rings is 1. The summed E-state index contributed by atoms with van der Waals surface area (Å²) in [7, 11) is 0. The number of carbonyl (C=O) groups is 2. The van der Waals surface area contributed by atoms with Gasteiger partial charge in [0.2, 0.25) is 5.76 Å². The van der Waals surface area contributed by atoms with Crippen molar-refractivity contribution >= 4 is 22.8 Å². The number of esters is 1. The van der Waals surface area contributed by atoms with Crippen LogP contribution in [0, 0.1) is 5.92 Å². The van der Waals surface area contributed by atoms with Gasteiger partial charge in [-0.1, -0.05) is 31.0 Å². The molecule has 29 heavy (non-hydrogen) atoms. The first-order chi connectivity index (χ1) is 14.2. The second kappa shape index (κ2) is 8.99. The summed E-state index contributed by atoms with van der Waals surface area (Å²) >= 11 is 0. The van der Waals surface area contributed by atoms with Gasteiger partial charge >= 0.3 is 5.97 Å². The first-order valence-corrected chi connectivity index (χ1v) is 10.7. The van der Waals surface area contributed by atoms with Crippen LogP contribution in [-0.4, -0.2) is 42.6 Å². The van der Waals surface area contributed by atoms with E-state index < -0.39 is 5.97 Å². The number of para-hydroxylation sites is 1. The molecule has 2 fully saturated rings. The van der Waals surface area contributed by atoms with Crippen LogP contribution in [0.25, 0.3) is 11.0 Å². The SMILES string of the molecule is CCOCc1c(C(=O)OCC(=O)N2CCC[C@H]3CCCC[C@H]32)oc2ccccc12. The van der Waals surface area contributed by atoms with Gasteiger partial charge in [-0.3, -0.25) is 4.79 Å². The number of ether oxygens (including phenoxy) is 2. The third-order valence-corrected chi connectivity index (χ3v) is 6.22. The van der Waals surface area contributed by atoms with E-state index in [4.69, 9.17) is 13.9 Å². The average Bonchev–Trinajstić information content (AvgIpc) is 3.14. The highest BCUT2D eigenvalue weighted by Gasteiger charge is 2.36. The molecular weight excluding hydrogens is 370 g/mol. The molecule has 1 amide bonds. The highest BCUT2D eigenvalue weighted by Crippen LogP contribution is 2.35. The summed E-state index contributed by atoms with van der Waals surface area (Å²) in [6.45, 7) is 3.22. The average molecular weight is 399 g/mol. The first-order valence-electron chi connectivity index (χ1n) is 10.7. The van der Waals surface area contributed by atoms with Gasteiger partial charge in [0.05, 0.1) is 6.61 Å².